The number of amides is 2. The summed E-state index contributed by atoms with van der Waals surface area (Å²) in [5.74, 6) is 0.625. The number of furan rings is 1. The van der Waals surface area contributed by atoms with Gasteiger partial charge < -0.3 is 19.5 Å². The number of quaternary nitrogens is 1. The first-order chi connectivity index (χ1) is 11.6. The zero-order valence-corrected chi connectivity index (χ0v) is 13.8. The number of carbonyl (C=O) groups is 2. The van der Waals surface area contributed by atoms with Gasteiger partial charge in [-0.25, -0.2) is 4.98 Å². The van der Waals surface area contributed by atoms with Gasteiger partial charge in [-0.1, -0.05) is 11.6 Å². The molecule has 126 valence electrons. The lowest BCUT2D eigenvalue weighted by Gasteiger charge is -2.31. The molecule has 0 unspecified atom stereocenters. The third-order valence-corrected chi connectivity index (χ3v) is 4.12. The number of nitrogens with zero attached hydrogens (tertiary/aromatic N) is 2. The van der Waals surface area contributed by atoms with Crippen LogP contribution >= 0.6 is 11.6 Å². The summed E-state index contributed by atoms with van der Waals surface area (Å²) in [5.41, 5.74) is 0. The highest BCUT2D eigenvalue weighted by Gasteiger charge is 2.27. The van der Waals surface area contributed by atoms with Crippen LogP contribution in [0.4, 0.5) is 5.82 Å². The van der Waals surface area contributed by atoms with Crippen molar-refractivity contribution in [2.45, 2.75) is 0 Å². The van der Waals surface area contributed by atoms with Crippen molar-refractivity contribution in [3.63, 3.8) is 0 Å². The van der Waals surface area contributed by atoms with Gasteiger partial charge in [0.1, 0.15) is 5.82 Å². The molecule has 2 aromatic rings. The molecule has 0 saturated carbocycles. The second-order valence-electron chi connectivity index (χ2n) is 5.61. The Labute approximate surface area is 144 Å². The molecule has 2 aromatic heterocycles. The molecule has 0 aliphatic carbocycles. The molecule has 0 bridgehead atoms. The number of carbonyl (C=O) groups excluding carboxylic acids is 2. The second-order valence-corrected chi connectivity index (χ2v) is 6.04. The molecule has 8 heteroatoms. The molecule has 0 spiro atoms. The molecule has 1 saturated heterocycles. The van der Waals surface area contributed by atoms with Crippen LogP contribution in [0.5, 0.6) is 0 Å². The van der Waals surface area contributed by atoms with Gasteiger partial charge in [0.2, 0.25) is 0 Å². The molecule has 24 heavy (non-hydrogen) atoms. The first-order valence-corrected chi connectivity index (χ1v) is 8.07. The van der Waals surface area contributed by atoms with E-state index >= 15 is 0 Å². The van der Waals surface area contributed by atoms with E-state index in [-0.39, 0.29) is 11.8 Å². The van der Waals surface area contributed by atoms with E-state index in [1.165, 1.54) is 12.5 Å². The zero-order chi connectivity index (χ0) is 16.9. The molecule has 0 radical (unpaired) electrons. The largest absolute Gasteiger partial charge is 0.459 e. The summed E-state index contributed by atoms with van der Waals surface area (Å²) in [6.07, 6.45) is 2.98. The number of hydrogen-bond acceptors (Lipinski definition) is 4. The molecule has 1 aliphatic heterocycles. The number of anilines is 1. The average Bonchev–Trinajstić information content (AvgIpc) is 3.11. The minimum Gasteiger partial charge on any atom is -0.459 e. The maximum absolute atomic E-state index is 12.2. The van der Waals surface area contributed by atoms with Gasteiger partial charge in [0, 0.05) is 6.20 Å². The SMILES string of the molecule is O=C(C[NH+]1CCN(C(=O)c2ccco2)CC1)Nc1ccc(Cl)cn1. The maximum atomic E-state index is 12.2. The fourth-order valence-corrected chi connectivity index (χ4v) is 2.73. The van der Waals surface area contributed by atoms with Crippen LogP contribution in [0.15, 0.2) is 41.1 Å². The van der Waals surface area contributed by atoms with Crippen LogP contribution in [0, 0.1) is 0 Å². The Kier molecular flexibility index (Phi) is 5.12. The fourth-order valence-electron chi connectivity index (χ4n) is 2.62. The smallest absolute Gasteiger partial charge is 0.289 e. The summed E-state index contributed by atoms with van der Waals surface area (Å²) in [6, 6.07) is 6.70. The highest BCUT2D eigenvalue weighted by atomic mass is 35.5. The summed E-state index contributed by atoms with van der Waals surface area (Å²) in [5, 5.41) is 3.27. The van der Waals surface area contributed by atoms with Gasteiger partial charge in [-0.15, -0.1) is 0 Å². The normalized spacial score (nSPS) is 15.3. The van der Waals surface area contributed by atoms with Gasteiger partial charge in [-0.3, -0.25) is 9.59 Å². The Morgan fingerprint density at radius 3 is 2.71 bits per heavy atom. The first-order valence-electron chi connectivity index (χ1n) is 7.69. The Morgan fingerprint density at radius 2 is 2.08 bits per heavy atom. The molecular formula is C16H18ClN4O3+. The van der Waals surface area contributed by atoms with Crippen molar-refractivity contribution in [3.05, 3.63) is 47.5 Å². The topological polar surface area (TPSA) is 79.9 Å². The van der Waals surface area contributed by atoms with Crippen molar-refractivity contribution in [2.24, 2.45) is 0 Å². The second kappa shape index (κ2) is 7.46. The van der Waals surface area contributed by atoms with Crippen molar-refractivity contribution in [1.29, 1.82) is 0 Å². The standard InChI is InChI=1S/C16H17ClN4O3/c17-12-3-4-14(18-10-12)19-15(22)11-20-5-7-21(8-6-20)16(23)13-2-1-9-24-13/h1-4,9-10H,5-8,11H2,(H,18,19,22)/p+1. The molecule has 1 aliphatic rings. The van der Waals surface area contributed by atoms with Gasteiger partial charge in [0.25, 0.3) is 11.8 Å². The van der Waals surface area contributed by atoms with Crippen LogP contribution in [-0.2, 0) is 4.79 Å². The van der Waals surface area contributed by atoms with E-state index in [0.29, 0.717) is 49.3 Å². The molecular weight excluding hydrogens is 332 g/mol. The number of nitrogens with one attached hydrogen (secondary N) is 2. The molecule has 2 N–H and O–H groups in total. The van der Waals surface area contributed by atoms with Crippen LogP contribution in [-0.4, -0.2) is 54.4 Å². The van der Waals surface area contributed by atoms with Crippen molar-refractivity contribution in [1.82, 2.24) is 9.88 Å². The van der Waals surface area contributed by atoms with Crippen LogP contribution in [0.25, 0.3) is 0 Å². The van der Waals surface area contributed by atoms with Crippen LogP contribution in [0.3, 0.4) is 0 Å². The lowest BCUT2D eigenvalue weighted by Crippen LogP contribution is -3.15. The number of rotatable bonds is 4. The Hall–Kier alpha value is -2.38. The maximum Gasteiger partial charge on any atom is 0.289 e. The third kappa shape index (κ3) is 4.12. The molecule has 0 atom stereocenters. The van der Waals surface area contributed by atoms with Crippen molar-refractivity contribution in [2.75, 3.05) is 38.0 Å². The highest BCUT2D eigenvalue weighted by Crippen LogP contribution is 2.09. The minimum atomic E-state index is -0.106. The summed E-state index contributed by atoms with van der Waals surface area (Å²) < 4.78 is 5.14. The number of pyridine rings is 1. The summed E-state index contributed by atoms with van der Waals surface area (Å²) in [4.78, 5) is 31.2. The van der Waals surface area contributed by atoms with E-state index in [4.69, 9.17) is 16.0 Å². The monoisotopic (exact) mass is 349 g/mol. The van der Waals surface area contributed by atoms with Crippen molar-refractivity contribution < 1.29 is 18.9 Å². The number of aromatic nitrogens is 1. The zero-order valence-electron chi connectivity index (χ0n) is 13.0. The van der Waals surface area contributed by atoms with Crippen LogP contribution < -0.4 is 10.2 Å². The quantitative estimate of drug-likeness (QED) is 0.832. The molecule has 3 rings (SSSR count). The number of halogens is 1. The summed E-state index contributed by atoms with van der Waals surface area (Å²) >= 11 is 5.76. The summed E-state index contributed by atoms with van der Waals surface area (Å²) in [6.45, 7) is 2.97. The van der Waals surface area contributed by atoms with Gasteiger partial charge >= 0.3 is 0 Å². The molecule has 3 heterocycles. The fraction of sp³-hybridized carbons (Fsp3) is 0.312. The lowest BCUT2D eigenvalue weighted by atomic mass is 10.3. The van der Waals surface area contributed by atoms with Gasteiger partial charge in [-0.05, 0) is 24.3 Å². The van der Waals surface area contributed by atoms with Crippen LogP contribution in [0.2, 0.25) is 5.02 Å². The van der Waals surface area contributed by atoms with E-state index in [1.54, 1.807) is 29.2 Å². The Balaban J connectivity index is 1.46. The molecule has 1 fully saturated rings. The molecule has 7 nitrogen and oxygen atoms in total. The van der Waals surface area contributed by atoms with E-state index in [2.05, 4.69) is 10.3 Å². The Bertz CT molecular complexity index is 695. The van der Waals surface area contributed by atoms with Crippen LogP contribution in [0.1, 0.15) is 10.6 Å². The predicted molar refractivity (Wildman–Crippen MR) is 88.1 cm³/mol. The first kappa shape index (κ1) is 16.5. The van der Waals surface area contributed by atoms with E-state index in [1.807, 2.05) is 0 Å². The highest BCUT2D eigenvalue weighted by molar-refractivity contribution is 6.30. The van der Waals surface area contributed by atoms with E-state index in [9.17, 15) is 9.59 Å². The summed E-state index contributed by atoms with van der Waals surface area (Å²) in [7, 11) is 0. The predicted octanol–water partition coefficient (Wildman–Crippen LogP) is 0.307. The minimum absolute atomic E-state index is 0.103. The third-order valence-electron chi connectivity index (χ3n) is 3.90. The lowest BCUT2D eigenvalue weighted by molar-refractivity contribution is -0.895. The van der Waals surface area contributed by atoms with Gasteiger partial charge in [0.05, 0.1) is 37.5 Å². The number of piperazine rings is 1. The van der Waals surface area contributed by atoms with E-state index < -0.39 is 0 Å². The molecule has 0 aromatic carbocycles. The van der Waals surface area contributed by atoms with Gasteiger partial charge in [-0.2, -0.15) is 0 Å². The number of hydrogen-bond donors (Lipinski definition) is 2. The Morgan fingerprint density at radius 1 is 1.29 bits per heavy atom. The molecule has 2 amide bonds. The average molecular weight is 350 g/mol. The van der Waals surface area contributed by atoms with Crippen molar-refractivity contribution >= 4 is 29.2 Å². The van der Waals surface area contributed by atoms with E-state index in [0.717, 1.165) is 4.90 Å². The van der Waals surface area contributed by atoms with Gasteiger partial charge in [0.15, 0.2) is 12.3 Å². The van der Waals surface area contributed by atoms with Crippen molar-refractivity contribution in [3.8, 4) is 0 Å².